The van der Waals surface area contributed by atoms with Crippen molar-refractivity contribution >= 4 is 0 Å². The number of nitrogens with one attached hydrogen (secondary N) is 1. The van der Waals surface area contributed by atoms with E-state index in [0.717, 1.165) is 12.5 Å². The molecule has 0 aromatic rings. The predicted molar refractivity (Wildman–Crippen MR) is 85.0 cm³/mol. The van der Waals surface area contributed by atoms with E-state index < -0.39 is 0 Å². The van der Waals surface area contributed by atoms with Gasteiger partial charge < -0.3 is 10.1 Å². The molecule has 0 aromatic heterocycles. The van der Waals surface area contributed by atoms with E-state index in [9.17, 15) is 0 Å². The standard InChI is InChI=1S/C17H34N2O/c1-7-14-10-18-13(8-12(2)3)11-19(14)15-9-16(20-6)17(15,4)5/h12-16,18H,7-11H2,1-6H3. The fourth-order valence-electron chi connectivity index (χ4n) is 4.20. The Morgan fingerprint density at radius 2 is 2.05 bits per heavy atom. The average molecular weight is 282 g/mol. The Bertz CT molecular complexity index is 316. The number of methoxy groups -OCH3 is 1. The van der Waals surface area contributed by atoms with Crippen LogP contribution in [0.1, 0.15) is 53.9 Å². The van der Waals surface area contributed by atoms with Crippen molar-refractivity contribution in [3.63, 3.8) is 0 Å². The molecule has 1 heterocycles. The molecule has 1 N–H and O–H groups in total. The van der Waals surface area contributed by atoms with Crippen molar-refractivity contribution < 1.29 is 4.74 Å². The topological polar surface area (TPSA) is 24.5 Å². The highest BCUT2D eigenvalue weighted by Gasteiger charge is 2.52. The Labute approximate surface area is 125 Å². The molecule has 0 amide bonds. The van der Waals surface area contributed by atoms with Gasteiger partial charge in [0.05, 0.1) is 6.10 Å². The fraction of sp³-hybridized carbons (Fsp3) is 1.00. The van der Waals surface area contributed by atoms with Gasteiger partial charge in [0.2, 0.25) is 0 Å². The minimum atomic E-state index is 0.294. The van der Waals surface area contributed by atoms with E-state index >= 15 is 0 Å². The van der Waals surface area contributed by atoms with Gasteiger partial charge in [-0.05, 0) is 25.2 Å². The molecule has 0 aromatic carbocycles. The molecule has 4 unspecified atom stereocenters. The third-order valence-electron chi connectivity index (χ3n) is 5.58. The van der Waals surface area contributed by atoms with Crippen molar-refractivity contribution in [1.29, 1.82) is 0 Å². The summed E-state index contributed by atoms with van der Waals surface area (Å²) in [6, 6.07) is 2.05. The normalized spacial score (nSPS) is 38.0. The van der Waals surface area contributed by atoms with Gasteiger partial charge in [-0.1, -0.05) is 34.6 Å². The molecule has 1 saturated carbocycles. The second-order valence-electron chi connectivity index (χ2n) is 7.79. The summed E-state index contributed by atoms with van der Waals surface area (Å²) in [5.74, 6) is 0.772. The summed E-state index contributed by atoms with van der Waals surface area (Å²) in [5, 5.41) is 3.76. The Hall–Kier alpha value is -0.120. The van der Waals surface area contributed by atoms with Gasteiger partial charge in [0, 0.05) is 43.7 Å². The number of hydrogen-bond acceptors (Lipinski definition) is 3. The van der Waals surface area contributed by atoms with Crippen molar-refractivity contribution in [2.24, 2.45) is 11.3 Å². The lowest BCUT2D eigenvalue weighted by molar-refractivity contribution is -0.153. The minimum Gasteiger partial charge on any atom is -0.381 e. The van der Waals surface area contributed by atoms with E-state index in [4.69, 9.17) is 4.74 Å². The molecule has 1 aliphatic heterocycles. The molecule has 0 bridgehead atoms. The lowest BCUT2D eigenvalue weighted by Gasteiger charge is -2.59. The molecular weight excluding hydrogens is 248 g/mol. The monoisotopic (exact) mass is 282 g/mol. The first-order valence-corrected chi connectivity index (χ1v) is 8.42. The summed E-state index contributed by atoms with van der Waals surface area (Å²) in [5.41, 5.74) is 0.294. The zero-order valence-electron chi connectivity index (χ0n) is 14.3. The smallest absolute Gasteiger partial charge is 0.0652 e. The van der Waals surface area contributed by atoms with Crippen LogP contribution in [-0.2, 0) is 4.74 Å². The fourth-order valence-corrected chi connectivity index (χ4v) is 4.20. The molecule has 4 atom stereocenters. The molecule has 3 heteroatoms. The summed E-state index contributed by atoms with van der Waals surface area (Å²) < 4.78 is 5.64. The van der Waals surface area contributed by atoms with Crippen molar-refractivity contribution in [3.05, 3.63) is 0 Å². The van der Waals surface area contributed by atoms with Gasteiger partial charge >= 0.3 is 0 Å². The van der Waals surface area contributed by atoms with Crippen LogP contribution in [0.2, 0.25) is 0 Å². The van der Waals surface area contributed by atoms with Crippen LogP contribution >= 0.6 is 0 Å². The van der Waals surface area contributed by atoms with E-state index in [0.29, 0.717) is 29.6 Å². The van der Waals surface area contributed by atoms with Gasteiger partial charge in [-0.15, -0.1) is 0 Å². The molecule has 2 rings (SSSR count). The van der Waals surface area contributed by atoms with Gasteiger partial charge in [0.1, 0.15) is 0 Å². The SMILES string of the molecule is CCC1CNC(CC(C)C)CN1C1CC(OC)C1(C)C. The molecule has 0 radical (unpaired) electrons. The Balaban J connectivity index is 2.03. The van der Waals surface area contributed by atoms with Crippen LogP contribution in [0.5, 0.6) is 0 Å². The van der Waals surface area contributed by atoms with Crippen LogP contribution in [0.15, 0.2) is 0 Å². The molecule has 118 valence electrons. The quantitative estimate of drug-likeness (QED) is 0.839. The van der Waals surface area contributed by atoms with Crippen LogP contribution < -0.4 is 5.32 Å². The first-order chi connectivity index (χ1) is 9.40. The number of rotatable bonds is 5. The molecule has 1 aliphatic carbocycles. The summed E-state index contributed by atoms with van der Waals surface area (Å²) >= 11 is 0. The number of piperazine rings is 1. The molecule has 2 fully saturated rings. The number of hydrogen-bond donors (Lipinski definition) is 1. The first-order valence-electron chi connectivity index (χ1n) is 8.42. The van der Waals surface area contributed by atoms with Crippen molar-refractivity contribution in [2.45, 2.75) is 78.1 Å². The maximum Gasteiger partial charge on any atom is 0.0652 e. The lowest BCUT2D eigenvalue weighted by atomic mass is 9.63. The van der Waals surface area contributed by atoms with E-state index in [-0.39, 0.29) is 0 Å². The summed E-state index contributed by atoms with van der Waals surface area (Å²) in [7, 11) is 1.86. The van der Waals surface area contributed by atoms with Crippen LogP contribution in [0.4, 0.5) is 0 Å². The van der Waals surface area contributed by atoms with Crippen molar-refractivity contribution in [2.75, 3.05) is 20.2 Å². The van der Waals surface area contributed by atoms with Gasteiger partial charge in [-0.3, -0.25) is 4.90 Å². The highest BCUT2D eigenvalue weighted by molar-refractivity contribution is 5.06. The predicted octanol–water partition coefficient (Wildman–Crippen LogP) is 2.90. The zero-order chi connectivity index (χ0) is 14.9. The van der Waals surface area contributed by atoms with Gasteiger partial charge in [0.15, 0.2) is 0 Å². The first kappa shape index (κ1) is 16.3. The maximum absolute atomic E-state index is 5.64. The van der Waals surface area contributed by atoms with E-state index in [1.807, 2.05) is 7.11 Å². The highest BCUT2D eigenvalue weighted by atomic mass is 16.5. The third-order valence-corrected chi connectivity index (χ3v) is 5.58. The average Bonchev–Trinajstić information content (AvgIpc) is 2.37. The minimum absolute atomic E-state index is 0.294. The Kier molecular flexibility index (Phi) is 5.14. The summed E-state index contributed by atoms with van der Waals surface area (Å²) in [6.45, 7) is 14.1. The van der Waals surface area contributed by atoms with Crippen LogP contribution in [0.3, 0.4) is 0 Å². The van der Waals surface area contributed by atoms with Crippen LogP contribution in [0, 0.1) is 11.3 Å². The summed E-state index contributed by atoms with van der Waals surface area (Å²) in [6.07, 6.45) is 4.16. The Morgan fingerprint density at radius 3 is 2.55 bits per heavy atom. The maximum atomic E-state index is 5.64. The largest absolute Gasteiger partial charge is 0.381 e. The van der Waals surface area contributed by atoms with Gasteiger partial charge in [-0.25, -0.2) is 0 Å². The van der Waals surface area contributed by atoms with Crippen LogP contribution in [-0.4, -0.2) is 49.3 Å². The zero-order valence-corrected chi connectivity index (χ0v) is 14.3. The third kappa shape index (κ3) is 3.05. The number of ether oxygens (including phenoxy) is 1. The van der Waals surface area contributed by atoms with Crippen LogP contribution in [0.25, 0.3) is 0 Å². The van der Waals surface area contributed by atoms with E-state index in [2.05, 4.69) is 44.8 Å². The van der Waals surface area contributed by atoms with Gasteiger partial charge in [-0.2, -0.15) is 0 Å². The second kappa shape index (κ2) is 6.33. The second-order valence-corrected chi connectivity index (χ2v) is 7.79. The van der Waals surface area contributed by atoms with E-state index in [1.165, 1.54) is 25.8 Å². The molecule has 0 spiro atoms. The van der Waals surface area contributed by atoms with Crippen molar-refractivity contribution in [1.82, 2.24) is 10.2 Å². The van der Waals surface area contributed by atoms with E-state index in [1.54, 1.807) is 0 Å². The number of nitrogens with zero attached hydrogens (tertiary/aromatic N) is 1. The molecule has 2 aliphatic rings. The molecular formula is C17H34N2O. The molecule has 1 saturated heterocycles. The molecule has 20 heavy (non-hydrogen) atoms. The van der Waals surface area contributed by atoms with Crippen molar-refractivity contribution in [3.8, 4) is 0 Å². The summed E-state index contributed by atoms with van der Waals surface area (Å²) in [4.78, 5) is 2.79. The molecule has 3 nitrogen and oxygen atoms in total. The lowest BCUT2D eigenvalue weighted by Crippen LogP contribution is -2.69. The Morgan fingerprint density at radius 1 is 1.35 bits per heavy atom. The van der Waals surface area contributed by atoms with Gasteiger partial charge in [0.25, 0.3) is 0 Å². The highest BCUT2D eigenvalue weighted by Crippen LogP contribution is 2.46.